The number of furan rings is 1. The summed E-state index contributed by atoms with van der Waals surface area (Å²) in [5.74, 6) is 1.07. The lowest BCUT2D eigenvalue weighted by atomic mass is 10.1. The zero-order valence-corrected chi connectivity index (χ0v) is 16.3. The van der Waals surface area contributed by atoms with Crippen molar-refractivity contribution in [1.29, 1.82) is 0 Å². The molecule has 1 aromatic carbocycles. The van der Waals surface area contributed by atoms with Crippen molar-refractivity contribution in [3.05, 3.63) is 54.0 Å². The van der Waals surface area contributed by atoms with Gasteiger partial charge in [0, 0.05) is 12.5 Å². The zero-order valence-electron chi connectivity index (χ0n) is 15.5. The number of carbonyl (C=O) groups excluding carboxylic acids is 1. The number of nitrogens with zero attached hydrogens (tertiary/aromatic N) is 1. The SMILES string of the molecule is CCS(=O)(=O)Oc1cccc(CN(Cc2ccco2)C(=O)C2CCCC2)c1. The highest BCUT2D eigenvalue weighted by Crippen LogP contribution is 2.28. The molecule has 2 aromatic rings. The van der Waals surface area contributed by atoms with Gasteiger partial charge < -0.3 is 13.5 Å². The minimum absolute atomic E-state index is 0.0554. The van der Waals surface area contributed by atoms with Gasteiger partial charge in [0.25, 0.3) is 0 Å². The fourth-order valence-electron chi connectivity index (χ4n) is 3.35. The molecule has 0 spiro atoms. The Morgan fingerprint density at radius 1 is 1.19 bits per heavy atom. The van der Waals surface area contributed by atoms with Gasteiger partial charge in [0.05, 0.1) is 18.6 Å². The van der Waals surface area contributed by atoms with Gasteiger partial charge >= 0.3 is 10.1 Å². The molecular formula is C20H25NO5S. The van der Waals surface area contributed by atoms with Crippen LogP contribution in [0, 0.1) is 5.92 Å². The summed E-state index contributed by atoms with van der Waals surface area (Å²) >= 11 is 0. The third kappa shape index (κ3) is 5.35. The van der Waals surface area contributed by atoms with E-state index >= 15 is 0 Å². The Morgan fingerprint density at radius 2 is 1.96 bits per heavy atom. The predicted octanol–water partition coefficient (Wildman–Crippen LogP) is 3.73. The number of hydrogen-bond donors (Lipinski definition) is 0. The first-order valence-corrected chi connectivity index (χ1v) is 10.9. The first-order chi connectivity index (χ1) is 13.0. The smallest absolute Gasteiger partial charge is 0.308 e. The largest absolute Gasteiger partial charge is 0.467 e. The van der Waals surface area contributed by atoms with Crippen LogP contribution in [0.3, 0.4) is 0 Å². The van der Waals surface area contributed by atoms with E-state index in [0.717, 1.165) is 37.0 Å². The molecule has 1 amide bonds. The summed E-state index contributed by atoms with van der Waals surface area (Å²) in [7, 11) is -3.58. The van der Waals surface area contributed by atoms with Crippen molar-refractivity contribution in [3.63, 3.8) is 0 Å². The number of amides is 1. The third-order valence-corrected chi connectivity index (χ3v) is 5.95. The number of carbonyl (C=O) groups is 1. The van der Waals surface area contributed by atoms with Gasteiger partial charge in [-0.25, -0.2) is 0 Å². The van der Waals surface area contributed by atoms with Crippen molar-refractivity contribution in [3.8, 4) is 5.75 Å². The van der Waals surface area contributed by atoms with Crippen molar-refractivity contribution in [1.82, 2.24) is 4.90 Å². The van der Waals surface area contributed by atoms with Crippen LogP contribution in [-0.4, -0.2) is 25.0 Å². The Hall–Kier alpha value is -2.28. The molecule has 0 N–H and O–H groups in total. The van der Waals surface area contributed by atoms with E-state index in [1.165, 1.54) is 6.92 Å². The quantitative estimate of drug-likeness (QED) is 0.641. The van der Waals surface area contributed by atoms with E-state index in [2.05, 4.69) is 0 Å². The highest BCUT2D eigenvalue weighted by atomic mass is 32.2. The Labute approximate surface area is 160 Å². The third-order valence-electron chi connectivity index (χ3n) is 4.79. The van der Waals surface area contributed by atoms with Gasteiger partial charge in [0.15, 0.2) is 0 Å². The van der Waals surface area contributed by atoms with Crippen LogP contribution in [0.25, 0.3) is 0 Å². The summed E-state index contributed by atoms with van der Waals surface area (Å²) in [6.45, 7) is 2.30. The lowest BCUT2D eigenvalue weighted by molar-refractivity contribution is -0.136. The second kappa shape index (κ2) is 8.61. The lowest BCUT2D eigenvalue weighted by Crippen LogP contribution is -2.34. The number of benzene rings is 1. The molecule has 0 saturated heterocycles. The van der Waals surface area contributed by atoms with E-state index in [1.54, 1.807) is 35.4 Å². The molecule has 1 aromatic heterocycles. The average Bonchev–Trinajstić information content (AvgIpc) is 3.34. The van der Waals surface area contributed by atoms with Gasteiger partial charge in [-0.3, -0.25) is 4.79 Å². The Morgan fingerprint density at radius 3 is 2.63 bits per heavy atom. The second-order valence-corrected chi connectivity index (χ2v) is 8.69. The summed E-state index contributed by atoms with van der Waals surface area (Å²) < 4.78 is 33.9. The Bertz CT molecular complexity index is 854. The molecule has 0 aliphatic heterocycles. The highest BCUT2D eigenvalue weighted by Gasteiger charge is 2.28. The molecule has 1 aliphatic carbocycles. The zero-order chi connectivity index (χ0) is 19.3. The molecule has 1 fully saturated rings. The lowest BCUT2D eigenvalue weighted by Gasteiger charge is -2.25. The maximum atomic E-state index is 13.0. The normalized spacial score (nSPS) is 15.0. The maximum absolute atomic E-state index is 13.0. The van der Waals surface area contributed by atoms with E-state index in [1.807, 2.05) is 12.1 Å². The van der Waals surface area contributed by atoms with Crippen LogP contribution in [-0.2, 0) is 28.0 Å². The molecule has 7 heteroatoms. The molecule has 0 bridgehead atoms. The molecular weight excluding hydrogens is 366 g/mol. The van der Waals surface area contributed by atoms with Crippen molar-refractivity contribution in [2.24, 2.45) is 5.92 Å². The van der Waals surface area contributed by atoms with Gasteiger partial charge in [0.2, 0.25) is 5.91 Å². The Balaban J connectivity index is 1.77. The van der Waals surface area contributed by atoms with E-state index in [0.29, 0.717) is 13.1 Å². The molecule has 0 atom stereocenters. The van der Waals surface area contributed by atoms with Crippen molar-refractivity contribution < 1.29 is 21.8 Å². The molecule has 146 valence electrons. The fourth-order valence-corrected chi connectivity index (χ4v) is 3.87. The van der Waals surface area contributed by atoms with Gasteiger partial charge in [-0.2, -0.15) is 8.42 Å². The van der Waals surface area contributed by atoms with Gasteiger partial charge in [0.1, 0.15) is 11.5 Å². The summed E-state index contributed by atoms with van der Waals surface area (Å²) in [5.41, 5.74) is 0.816. The fraction of sp³-hybridized carbons (Fsp3) is 0.450. The molecule has 27 heavy (non-hydrogen) atoms. The van der Waals surface area contributed by atoms with E-state index < -0.39 is 10.1 Å². The summed E-state index contributed by atoms with van der Waals surface area (Å²) in [6.07, 6.45) is 5.61. The number of hydrogen-bond acceptors (Lipinski definition) is 5. The van der Waals surface area contributed by atoms with Gasteiger partial charge in [-0.1, -0.05) is 25.0 Å². The molecule has 1 saturated carbocycles. The average molecular weight is 391 g/mol. The Kier molecular flexibility index (Phi) is 6.21. The van der Waals surface area contributed by atoms with Crippen LogP contribution >= 0.6 is 0 Å². The van der Waals surface area contributed by atoms with Crippen molar-refractivity contribution >= 4 is 16.0 Å². The van der Waals surface area contributed by atoms with Crippen LogP contribution < -0.4 is 4.18 Å². The maximum Gasteiger partial charge on any atom is 0.308 e. The molecule has 3 rings (SSSR count). The monoisotopic (exact) mass is 391 g/mol. The van der Waals surface area contributed by atoms with Crippen LogP contribution in [0.4, 0.5) is 0 Å². The van der Waals surface area contributed by atoms with Crippen LogP contribution in [0.2, 0.25) is 0 Å². The molecule has 0 radical (unpaired) electrons. The van der Waals surface area contributed by atoms with E-state index in [-0.39, 0.29) is 23.3 Å². The van der Waals surface area contributed by atoms with Gasteiger partial charge in [-0.05, 0) is 49.6 Å². The minimum atomic E-state index is -3.58. The standard InChI is InChI=1S/C20H25NO5S/c1-2-27(23,24)26-18-10-5-7-16(13-18)14-21(15-19-11-6-12-25-19)20(22)17-8-3-4-9-17/h5-7,10-13,17H,2-4,8-9,14-15H2,1H3. The first kappa shape index (κ1) is 19.5. The topological polar surface area (TPSA) is 76.8 Å². The van der Waals surface area contributed by atoms with Crippen LogP contribution in [0.15, 0.2) is 47.1 Å². The van der Waals surface area contributed by atoms with E-state index in [9.17, 15) is 13.2 Å². The van der Waals surface area contributed by atoms with Crippen molar-refractivity contribution in [2.45, 2.75) is 45.7 Å². The van der Waals surface area contributed by atoms with Crippen LogP contribution in [0.1, 0.15) is 43.9 Å². The number of rotatable bonds is 8. The summed E-state index contributed by atoms with van der Waals surface area (Å²) in [5, 5.41) is 0. The molecule has 1 aliphatic rings. The molecule has 6 nitrogen and oxygen atoms in total. The van der Waals surface area contributed by atoms with Crippen LogP contribution in [0.5, 0.6) is 5.75 Å². The molecule has 1 heterocycles. The molecule has 0 unspecified atom stereocenters. The minimum Gasteiger partial charge on any atom is -0.467 e. The highest BCUT2D eigenvalue weighted by molar-refractivity contribution is 7.87. The first-order valence-electron chi connectivity index (χ1n) is 9.29. The predicted molar refractivity (Wildman–Crippen MR) is 101 cm³/mol. The van der Waals surface area contributed by atoms with Crippen molar-refractivity contribution in [2.75, 3.05) is 5.75 Å². The summed E-state index contributed by atoms with van der Waals surface area (Å²) in [6, 6.07) is 10.5. The van der Waals surface area contributed by atoms with E-state index in [4.69, 9.17) is 8.60 Å². The second-order valence-electron chi connectivity index (χ2n) is 6.83. The van der Waals surface area contributed by atoms with Gasteiger partial charge in [-0.15, -0.1) is 0 Å². The summed E-state index contributed by atoms with van der Waals surface area (Å²) in [4.78, 5) is 14.8.